The first-order valence-corrected chi connectivity index (χ1v) is 10.4. The van der Waals surface area contributed by atoms with Crippen molar-refractivity contribution in [3.63, 3.8) is 0 Å². The molecule has 4 rings (SSSR count). The third-order valence-electron chi connectivity index (χ3n) is 5.80. The minimum absolute atomic E-state index is 0.272. The first-order chi connectivity index (χ1) is 14.3. The van der Waals surface area contributed by atoms with E-state index in [2.05, 4.69) is 46.3 Å². The van der Waals surface area contributed by atoms with Gasteiger partial charge in [0.1, 0.15) is 0 Å². The zero-order valence-corrected chi connectivity index (χ0v) is 17.0. The molecule has 2 aromatic carbocycles. The van der Waals surface area contributed by atoms with Crippen LogP contribution in [0.1, 0.15) is 40.7 Å². The quantitative estimate of drug-likeness (QED) is 0.454. The van der Waals surface area contributed by atoms with E-state index in [-0.39, 0.29) is 5.97 Å². The smallest absolute Gasteiger partial charge is 0.338 e. The summed E-state index contributed by atoms with van der Waals surface area (Å²) in [5.74, 6) is -0.272. The molecular weight excluding hydrogens is 360 g/mol. The summed E-state index contributed by atoms with van der Waals surface area (Å²) >= 11 is 0. The summed E-state index contributed by atoms with van der Waals surface area (Å²) < 4.78 is 4.95. The van der Waals surface area contributed by atoms with Gasteiger partial charge in [-0.2, -0.15) is 0 Å². The third kappa shape index (κ3) is 4.43. The van der Waals surface area contributed by atoms with Crippen LogP contribution in [0.4, 0.5) is 0 Å². The van der Waals surface area contributed by atoms with Gasteiger partial charge in [0, 0.05) is 30.2 Å². The number of methoxy groups -OCH3 is 1. The number of rotatable bonds is 7. The monoisotopic (exact) mass is 388 g/mol. The molecule has 2 heterocycles. The molecule has 1 aliphatic rings. The minimum Gasteiger partial charge on any atom is -0.465 e. The van der Waals surface area contributed by atoms with Crippen LogP contribution in [0.15, 0.2) is 60.8 Å². The number of nitrogens with one attached hydrogen (secondary N) is 1. The van der Waals surface area contributed by atoms with E-state index in [0.29, 0.717) is 5.56 Å². The molecule has 1 aromatic heterocycles. The summed E-state index contributed by atoms with van der Waals surface area (Å²) in [6, 6.07) is 16.4. The van der Waals surface area contributed by atoms with Crippen LogP contribution < -0.4 is 0 Å². The normalized spacial score (nSPS) is 14.7. The van der Waals surface area contributed by atoms with Gasteiger partial charge in [-0.3, -0.25) is 4.90 Å². The Bertz CT molecular complexity index is 1000. The van der Waals surface area contributed by atoms with Gasteiger partial charge in [0.05, 0.1) is 12.7 Å². The third-order valence-corrected chi connectivity index (χ3v) is 5.80. The van der Waals surface area contributed by atoms with Gasteiger partial charge in [-0.1, -0.05) is 42.5 Å². The van der Waals surface area contributed by atoms with E-state index in [4.69, 9.17) is 4.74 Å². The summed E-state index contributed by atoms with van der Waals surface area (Å²) in [4.78, 5) is 17.9. The molecule has 0 atom stereocenters. The number of esters is 1. The van der Waals surface area contributed by atoms with Gasteiger partial charge in [0.25, 0.3) is 0 Å². The Morgan fingerprint density at radius 3 is 2.72 bits per heavy atom. The van der Waals surface area contributed by atoms with Crippen LogP contribution in [0.25, 0.3) is 16.5 Å². The molecule has 0 spiro atoms. The van der Waals surface area contributed by atoms with Crippen molar-refractivity contribution in [1.82, 2.24) is 9.88 Å². The standard InChI is InChI=1S/C25H28N2O2/c1-29-25(28)22-11-7-12-23-24(22)21(18-26-23)10-5-6-15-27-16-13-20(14-17-27)19-8-3-2-4-9-19/h2-4,7-9,11-13,18,26H,5-6,10,14-17H2,1H3. The molecule has 1 N–H and O–H groups in total. The van der Waals surface area contributed by atoms with Gasteiger partial charge in [0.2, 0.25) is 0 Å². The molecule has 0 fully saturated rings. The van der Waals surface area contributed by atoms with Crippen molar-refractivity contribution in [3.8, 4) is 0 Å². The van der Waals surface area contributed by atoms with E-state index in [1.54, 1.807) is 0 Å². The highest BCUT2D eigenvalue weighted by atomic mass is 16.5. The van der Waals surface area contributed by atoms with E-state index in [1.807, 2.05) is 24.4 Å². The average molecular weight is 389 g/mol. The van der Waals surface area contributed by atoms with Crippen LogP contribution in [0.3, 0.4) is 0 Å². The molecule has 0 unspecified atom stereocenters. The second-order valence-electron chi connectivity index (χ2n) is 7.64. The first-order valence-electron chi connectivity index (χ1n) is 10.4. The molecule has 0 aliphatic carbocycles. The maximum Gasteiger partial charge on any atom is 0.338 e. The summed E-state index contributed by atoms with van der Waals surface area (Å²) in [7, 11) is 1.43. The Balaban J connectivity index is 1.31. The zero-order valence-electron chi connectivity index (χ0n) is 17.0. The molecule has 0 saturated carbocycles. The number of aromatic nitrogens is 1. The lowest BCUT2D eigenvalue weighted by Crippen LogP contribution is -2.29. The van der Waals surface area contributed by atoms with E-state index in [1.165, 1.54) is 23.8 Å². The van der Waals surface area contributed by atoms with Crippen molar-refractivity contribution in [1.29, 1.82) is 0 Å². The molecule has 29 heavy (non-hydrogen) atoms. The number of aromatic amines is 1. The van der Waals surface area contributed by atoms with Crippen molar-refractivity contribution in [2.24, 2.45) is 0 Å². The summed E-state index contributed by atoms with van der Waals surface area (Å²) in [5, 5.41) is 1.01. The predicted molar refractivity (Wildman–Crippen MR) is 118 cm³/mol. The van der Waals surface area contributed by atoms with Crippen LogP contribution in [0, 0.1) is 0 Å². The van der Waals surface area contributed by atoms with Crippen molar-refractivity contribution < 1.29 is 9.53 Å². The predicted octanol–water partition coefficient (Wildman–Crippen LogP) is 5.07. The molecule has 150 valence electrons. The number of unbranched alkanes of at least 4 members (excludes halogenated alkanes) is 1. The van der Waals surface area contributed by atoms with Gasteiger partial charge in [-0.05, 0) is 61.1 Å². The molecule has 0 amide bonds. The highest BCUT2D eigenvalue weighted by Gasteiger charge is 2.15. The summed E-state index contributed by atoms with van der Waals surface area (Å²) in [6.07, 6.45) is 8.76. The molecule has 4 nitrogen and oxygen atoms in total. The molecular formula is C25H28N2O2. The Morgan fingerprint density at radius 2 is 1.97 bits per heavy atom. The van der Waals surface area contributed by atoms with Crippen LogP contribution in [0.5, 0.6) is 0 Å². The SMILES string of the molecule is COC(=O)c1cccc2[nH]cc(CCCCN3CC=C(c4ccccc4)CC3)c12. The van der Waals surface area contributed by atoms with Gasteiger partial charge in [0.15, 0.2) is 0 Å². The summed E-state index contributed by atoms with van der Waals surface area (Å²) in [5.41, 5.74) is 5.67. The van der Waals surface area contributed by atoms with Crippen LogP contribution >= 0.6 is 0 Å². The second-order valence-corrected chi connectivity index (χ2v) is 7.64. The van der Waals surface area contributed by atoms with Crippen molar-refractivity contribution in [2.75, 3.05) is 26.7 Å². The number of carbonyl (C=O) groups is 1. The maximum absolute atomic E-state index is 12.1. The van der Waals surface area contributed by atoms with Crippen molar-refractivity contribution in [2.45, 2.75) is 25.7 Å². The lowest BCUT2D eigenvalue weighted by molar-refractivity contribution is 0.0603. The van der Waals surface area contributed by atoms with E-state index < -0.39 is 0 Å². The molecule has 0 radical (unpaired) electrons. The fraction of sp³-hybridized carbons (Fsp3) is 0.320. The Hall–Kier alpha value is -2.85. The van der Waals surface area contributed by atoms with Gasteiger partial charge in [-0.15, -0.1) is 0 Å². The van der Waals surface area contributed by atoms with Crippen LogP contribution in [0.2, 0.25) is 0 Å². The highest BCUT2D eigenvalue weighted by Crippen LogP contribution is 2.25. The first kappa shape index (κ1) is 19.5. The summed E-state index contributed by atoms with van der Waals surface area (Å²) in [6.45, 7) is 3.27. The lowest BCUT2D eigenvalue weighted by Gasteiger charge is -2.26. The maximum atomic E-state index is 12.1. The highest BCUT2D eigenvalue weighted by molar-refractivity contribution is 6.05. The molecule has 4 heteroatoms. The van der Waals surface area contributed by atoms with Crippen molar-refractivity contribution >= 4 is 22.4 Å². The Morgan fingerprint density at radius 1 is 1.10 bits per heavy atom. The van der Waals surface area contributed by atoms with Gasteiger partial charge in [-0.25, -0.2) is 4.79 Å². The number of ether oxygens (including phenoxy) is 1. The van der Waals surface area contributed by atoms with E-state index >= 15 is 0 Å². The average Bonchev–Trinajstić information content (AvgIpc) is 3.20. The number of aryl methyl sites for hydroxylation is 1. The number of hydrogen-bond acceptors (Lipinski definition) is 3. The zero-order chi connectivity index (χ0) is 20.1. The number of hydrogen-bond donors (Lipinski definition) is 1. The Labute approximate surface area is 172 Å². The number of nitrogens with zero attached hydrogens (tertiary/aromatic N) is 1. The fourth-order valence-corrected chi connectivity index (χ4v) is 4.21. The molecule has 1 aliphatic heterocycles. The van der Waals surface area contributed by atoms with Gasteiger partial charge < -0.3 is 9.72 Å². The topological polar surface area (TPSA) is 45.3 Å². The lowest BCUT2D eigenvalue weighted by atomic mass is 9.99. The van der Waals surface area contributed by atoms with E-state index in [0.717, 1.165) is 56.2 Å². The molecule has 0 bridgehead atoms. The van der Waals surface area contributed by atoms with E-state index in [9.17, 15) is 4.79 Å². The van der Waals surface area contributed by atoms with Gasteiger partial charge >= 0.3 is 5.97 Å². The minimum atomic E-state index is -0.272. The second kappa shape index (κ2) is 9.10. The molecule has 3 aromatic rings. The van der Waals surface area contributed by atoms with Crippen molar-refractivity contribution in [3.05, 3.63) is 77.5 Å². The Kier molecular flexibility index (Phi) is 6.11. The fourth-order valence-electron chi connectivity index (χ4n) is 4.21. The number of benzene rings is 2. The molecule has 0 saturated heterocycles. The largest absolute Gasteiger partial charge is 0.465 e. The number of carbonyl (C=O) groups excluding carboxylic acids is 1. The number of H-pyrrole nitrogens is 1. The number of fused-ring (bicyclic) bond motifs is 1. The van der Waals surface area contributed by atoms with Crippen LogP contribution in [-0.4, -0.2) is 42.6 Å². The van der Waals surface area contributed by atoms with Crippen LogP contribution in [-0.2, 0) is 11.2 Å².